The first kappa shape index (κ1) is 20.1. The summed E-state index contributed by atoms with van der Waals surface area (Å²) in [5, 5.41) is 2.11. The van der Waals surface area contributed by atoms with Crippen LogP contribution >= 0.6 is 0 Å². The number of pyridine rings is 1. The van der Waals surface area contributed by atoms with Crippen molar-refractivity contribution in [2.24, 2.45) is 0 Å². The average molecular weight is 444 g/mol. The minimum atomic E-state index is -0.369. The van der Waals surface area contributed by atoms with Crippen molar-refractivity contribution in [1.82, 2.24) is 14.4 Å². The lowest BCUT2D eigenvalue weighted by Crippen LogP contribution is -2.09. The zero-order chi connectivity index (χ0) is 23.1. The fraction of sp³-hybridized carbons (Fsp3) is 0.0690. The van der Waals surface area contributed by atoms with E-state index in [1.54, 1.807) is 6.20 Å². The molecule has 0 N–H and O–H groups in total. The van der Waals surface area contributed by atoms with E-state index < -0.39 is 0 Å². The topological polar surface area (TPSA) is 56.5 Å². The lowest BCUT2D eigenvalue weighted by atomic mass is 9.97. The fourth-order valence-electron chi connectivity index (χ4n) is 4.63. The number of nitrogens with zero attached hydrogens (tertiary/aromatic N) is 3. The van der Waals surface area contributed by atoms with Crippen LogP contribution in [0.15, 0.2) is 97.3 Å². The van der Waals surface area contributed by atoms with Gasteiger partial charge in [0.25, 0.3) is 0 Å². The molecule has 0 aliphatic rings. The normalized spacial score (nSPS) is 11.3. The van der Waals surface area contributed by atoms with Crippen LogP contribution in [0, 0.1) is 0 Å². The molecular weight excluding hydrogens is 422 g/mol. The van der Waals surface area contributed by atoms with Gasteiger partial charge in [0.05, 0.1) is 35.0 Å². The molecule has 0 atom stereocenters. The number of rotatable bonds is 4. The fourth-order valence-corrected chi connectivity index (χ4v) is 4.63. The molecule has 0 bridgehead atoms. The van der Waals surface area contributed by atoms with Crippen molar-refractivity contribution in [3.8, 4) is 22.4 Å². The van der Waals surface area contributed by atoms with E-state index in [2.05, 4.69) is 17.1 Å². The summed E-state index contributed by atoms with van der Waals surface area (Å²) in [5.74, 6) is -0.369. The third kappa shape index (κ3) is 3.13. The van der Waals surface area contributed by atoms with Crippen LogP contribution in [-0.2, 0) is 4.74 Å². The van der Waals surface area contributed by atoms with Crippen molar-refractivity contribution in [2.75, 3.05) is 6.61 Å². The highest BCUT2D eigenvalue weighted by Gasteiger charge is 2.28. The maximum Gasteiger partial charge on any atom is 0.355 e. The van der Waals surface area contributed by atoms with Gasteiger partial charge in [-0.3, -0.25) is 4.98 Å². The van der Waals surface area contributed by atoms with E-state index in [1.807, 2.05) is 90.3 Å². The summed E-state index contributed by atoms with van der Waals surface area (Å²) in [6, 6.07) is 27.9. The third-order valence-electron chi connectivity index (χ3n) is 6.06. The predicted molar refractivity (Wildman–Crippen MR) is 135 cm³/mol. The van der Waals surface area contributed by atoms with Crippen molar-refractivity contribution in [2.45, 2.75) is 6.92 Å². The summed E-state index contributed by atoms with van der Waals surface area (Å²) >= 11 is 0. The minimum absolute atomic E-state index is 0.291. The summed E-state index contributed by atoms with van der Waals surface area (Å²) in [5.41, 5.74) is 6.31. The third-order valence-corrected chi connectivity index (χ3v) is 6.06. The molecule has 164 valence electrons. The standard InChI is InChI=1S/C29H21N3O2/c1-2-34-29(33)28-25(20-11-4-3-5-12-20)26(24-18-30-22-14-8-9-15-23(22)31-24)27-21-13-7-6-10-19(21)16-17-32(27)28/h3-18H,2H2,1H3. The van der Waals surface area contributed by atoms with Crippen LogP contribution in [0.1, 0.15) is 17.4 Å². The van der Waals surface area contributed by atoms with Crippen molar-refractivity contribution in [1.29, 1.82) is 0 Å². The Bertz CT molecular complexity index is 1690. The van der Waals surface area contributed by atoms with Crippen LogP contribution in [-0.4, -0.2) is 26.9 Å². The summed E-state index contributed by atoms with van der Waals surface area (Å²) in [4.78, 5) is 23.0. The van der Waals surface area contributed by atoms with Gasteiger partial charge in [-0.05, 0) is 36.1 Å². The van der Waals surface area contributed by atoms with Gasteiger partial charge in [-0.15, -0.1) is 0 Å². The average Bonchev–Trinajstić information content (AvgIpc) is 3.25. The number of para-hydroxylation sites is 2. The van der Waals surface area contributed by atoms with Gasteiger partial charge in [0.1, 0.15) is 5.69 Å². The molecule has 34 heavy (non-hydrogen) atoms. The van der Waals surface area contributed by atoms with Crippen LogP contribution in [0.5, 0.6) is 0 Å². The first-order chi connectivity index (χ1) is 16.8. The lowest BCUT2D eigenvalue weighted by Gasteiger charge is -2.08. The molecule has 6 aromatic rings. The van der Waals surface area contributed by atoms with Gasteiger partial charge >= 0.3 is 5.97 Å². The van der Waals surface area contributed by atoms with Gasteiger partial charge in [0.15, 0.2) is 0 Å². The van der Waals surface area contributed by atoms with Crippen LogP contribution < -0.4 is 0 Å². The number of carbonyl (C=O) groups excluding carboxylic acids is 1. The van der Waals surface area contributed by atoms with Gasteiger partial charge in [0.2, 0.25) is 0 Å². The van der Waals surface area contributed by atoms with E-state index in [-0.39, 0.29) is 5.97 Å². The molecule has 5 nitrogen and oxygen atoms in total. The van der Waals surface area contributed by atoms with Crippen LogP contribution in [0.3, 0.4) is 0 Å². The first-order valence-corrected chi connectivity index (χ1v) is 11.3. The summed E-state index contributed by atoms with van der Waals surface area (Å²) in [6.45, 7) is 2.11. The molecule has 0 spiro atoms. The predicted octanol–water partition coefficient (Wildman–Crippen LogP) is 6.55. The van der Waals surface area contributed by atoms with E-state index in [0.29, 0.717) is 18.0 Å². The molecule has 6 rings (SSSR count). The molecule has 3 aromatic carbocycles. The monoisotopic (exact) mass is 443 g/mol. The number of aromatic nitrogens is 3. The van der Waals surface area contributed by atoms with Crippen LogP contribution in [0.25, 0.3) is 49.7 Å². The molecule has 0 fully saturated rings. The van der Waals surface area contributed by atoms with Crippen LogP contribution in [0.4, 0.5) is 0 Å². The molecular formula is C29H21N3O2. The number of hydrogen-bond acceptors (Lipinski definition) is 4. The van der Waals surface area contributed by atoms with Crippen molar-refractivity contribution >= 4 is 33.3 Å². The lowest BCUT2D eigenvalue weighted by molar-refractivity contribution is 0.0519. The van der Waals surface area contributed by atoms with Crippen LogP contribution in [0.2, 0.25) is 0 Å². The Hall–Kier alpha value is -4.51. The second-order valence-electron chi connectivity index (χ2n) is 8.05. The minimum Gasteiger partial charge on any atom is -0.461 e. The molecule has 0 radical (unpaired) electrons. The van der Waals surface area contributed by atoms with E-state index in [9.17, 15) is 4.79 Å². The van der Waals surface area contributed by atoms with E-state index in [0.717, 1.165) is 44.0 Å². The van der Waals surface area contributed by atoms with Gasteiger partial charge in [-0.1, -0.05) is 66.7 Å². The molecule has 3 aromatic heterocycles. The maximum atomic E-state index is 13.4. The summed E-state index contributed by atoms with van der Waals surface area (Å²) < 4.78 is 7.47. The number of fused-ring (bicyclic) bond motifs is 4. The SMILES string of the molecule is CCOC(=O)c1c(-c2ccccc2)c(-c2cnc3ccccc3n2)c2c3ccccc3ccn12. The van der Waals surface area contributed by atoms with E-state index in [4.69, 9.17) is 9.72 Å². The molecule has 0 saturated heterocycles. The molecule has 0 unspecified atom stereocenters. The number of esters is 1. The quantitative estimate of drug-likeness (QED) is 0.290. The Morgan fingerprint density at radius 1 is 0.853 bits per heavy atom. The first-order valence-electron chi connectivity index (χ1n) is 11.3. The summed E-state index contributed by atoms with van der Waals surface area (Å²) in [6.07, 6.45) is 3.73. The van der Waals surface area contributed by atoms with Gasteiger partial charge in [-0.2, -0.15) is 0 Å². The highest BCUT2D eigenvalue weighted by Crippen LogP contribution is 2.42. The van der Waals surface area contributed by atoms with E-state index in [1.165, 1.54) is 0 Å². The van der Waals surface area contributed by atoms with Crippen molar-refractivity contribution < 1.29 is 9.53 Å². The highest BCUT2D eigenvalue weighted by atomic mass is 16.5. The Balaban J connectivity index is 1.82. The molecule has 3 heterocycles. The molecule has 0 saturated carbocycles. The van der Waals surface area contributed by atoms with Crippen molar-refractivity contribution in [3.63, 3.8) is 0 Å². The molecule has 5 heteroatoms. The summed E-state index contributed by atoms with van der Waals surface area (Å²) in [7, 11) is 0. The van der Waals surface area contributed by atoms with Gasteiger partial charge in [-0.25, -0.2) is 9.78 Å². The van der Waals surface area contributed by atoms with Gasteiger partial charge < -0.3 is 9.14 Å². The molecule has 0 aliphatic carbocycles. The van der Waals surface area contributed by atoms with Gasteiger partial charge in [0, 0.05) is 22.7 Å². The van der Waals surface area contributed by atoms with Crippen molar-refractivity contribution in [3.05, 3.63) is 103 Å². The largest absolute Gasteiger partial charge is 0.461 e. The number of benzene rings is 3. The Morgan fingerprint density at radius 2 is 1.59 bits per heavy atom. The number of ether oxygens (including phenoxy) is 1. The number of hydrogen-bond donors (Lipinski definition) is 0. The molecule has 0 amide bonds. The smallest absolute Gasteiger partial charge is 0.355 e. The molecule has 0 aliphatic heterocycles. The number of carbonyl (C=O) groups is 1. The maximum absolute atomic E-state index is 13.4. The second-order valence-corrected chi connectivity index (χ2v) is 8.05. The Morgan fingerprint density at radius 3 is 2.41 bits per heavy atom. The Labute approximate surface area is 196 Å². The van der Waals surface area contributed by atoms with E-state index >= 15 is 0 Å². The highest BCUT2D eigenvalue weighted by molar-refractivity contribution is 6.13. The second kappa shape index (κ2) is 8.12. The zero-order valence-electron chi connectivity index (χ0n) is 18.6. The Kier molecular flexibility index (Phi) is 4.81. The zero-order valence-corrected chi connectivity index (χ0v) is 18.6.